The first-order chi connectivity index (χ1) is 14.2. The van der Waals surface area contributed by atoms with E-state index in [1.165, 1.54) is 0 Å². The van der Waals surface area contributed by atoms with Crippen molar-refractivity contribution >= 4 is 17.5 Å². The third-order valence-electron chi connectivity index (χ3n) is 5.52. The van der Waals surface area contributed by atoms with Gasteiger partial charge in [-0.1, -0.05) is 29.8 Å². The molecule has 29 heavy (non-hydrogen) atoms. The number of nitrogens with one attached hydrogen (secondary N) is 1. The zero-order valence-corrected chi connectivity index (χ0v) is 17.3. The largest absolute Gasteiger partial charge is 0.491 e. The minimum atomic E-state index is 0.0344. The monoisotopic (exact) mass is 414 g/mol. The van der Waals surface area contributed by atoms with Crippen molar-refractivity contribution in [2.45, 2.75) is 19.4 Å². The molecule has 154 valence electrons. The summed E-state index contributed by atoms with van der Waals surface area (Å²) in [6.45, 7) is 4.56. The van der Waals surface area contributed by atoms with Crippen molar-refractivity contribution in [3.05, 3.63) is 53.1 Å². The number of ether oxygens (including phenoxy) is 2. The first kappa shape index (κ1) is 20.2. The van der Waals surface area contributed by atoms with Gasteiger partial charge in [-0.25, -0.2) is 0 Å². The van der Waals surface area contributed by atoms with Gasteiger partial charge in [0, 0.05) is 30.2 Å². The van der Waals surface area contributed by atoms with Crippen LogP contribution in [0.1, 0.15) is 18.4 Å². The Labute approximate surface area is 176 Å². The highest BCUT2D eigenvalue weighted by atomic mass is 35.5. The van der Waals surface area contributed by atoms with Crippen molar-refractivity contribution in [1.82, 2.24) is 10.2 Å². The van der Waals surface area contributed by atoms with Crippen molar-refractivity contribution in [3.63, 3.8) is 0 Å². The van der Waals surface area contributed by atoms with E-state index >= 15 is 0 Å². The molecule has 2 aliphatic rings. The predicted molar refractivity (Wildman–Crippen MR) is 114 cm³/mol. The molecule has 4 rings (SSSR count). The second kappa shape index (κ2) is 9.61. The summed E-state index contributed by atoms with van der Waals surface area (Å²) in [6, 6.07) is 14.2. The standard InChI is InChI=1S/C23H27ClN2O3/c24-21-5-1-3-17(14-21)18-6-7-22-20(13-18)16-26-9-2-4-19(15-26)23(27)25-8-10-28-11-12-29-22/h1,3,5-7,13-14,19H,2,4,8-12,15-16H2,(H,25,27). The van der Waals surface area contributed by atoms with E-state index < -0.39 is 0 Å². The number of rotatable bonds is 1. The summed E-state index contributed by atoms with van der Waals surface area (Å²) < 4.78 is 11.6. The lowest BCUT2D eigenvalue weighted by Crippen LogP contribution is -2.43. The molecule has 5 nitrogen and oxygen atoms in total. The number of piperidine rings is 1. The highest BCUT2D eigenvalue weighted by Crippen LogP contribution is 2.30. The van der Waals surface area contributed by atoms with E-state index in [0.717, 1.165) is 59.9 Å². The van der Waals surface area contributed by atoms with Gasteiger partial charge in [-0.2, -0.15) is 0 Å². The molecule has 2 atom stereocenters. The van der Waals surface area contributed by atoms with Crippen molar-refractivity contribution in [1.29, 1.82) is 0 Å². The van der Waals surface area contributed by atoms with Gasteiger partial charge in [-0.3, -0.25) is 9.69 Å². The third kappa shape index (κ3) is 5.30. The number of carbonyl (C=O) groups is 1. The molecule has 6 heteroatoms. The summed E-state index contributed by atoms with van der Waals surface area (Å²) in [5.41, 5.74) is 3.32. The number of hydrogen-bond donors (Lipinski definition) is 1. The average molecular weight is 415 g/mol. The quantitative estimate of drug-likeness (QED) is 0.772. The number of amides is 1. The van der Waals surface area contributed by atoms with E-state index in [1.54, 1.807) is 0 Å². The zero-order valence-electron chi connectivity index (χ0n) is 16.5. The van der Waals surface area contributed by atoms with Crippen LogP contribution < -0.4 is 10.1 Å². The van der Waals surface area contributed by atoms with E-state index in [1.807, 2.05) is 24.3 Å². The maximum atomic E-state index is 12.5. The average Bonchev–Trinajstić information content (AvgIpc) is 2.73. The number of carbonyl (C=O) groups excluding carboxylic acids is 1. The third-order valence-corrected chi connectivity index (χ3v) is 5.75. The summed E-state index contributed by atoms with van der Waals surface area (Å²) in [4.78, 5) is 14.8. The van der Waals surface area contributed by atoms with E-state index in [2.05, 4.69) is 28.4 Å². The zero-order chi connectivity index (χ0) is 20.1. The van der Waals surface area contributed by atoms with Crippen LogP contribution >= 0.6 is 11.6 Å². The van der Waals surface area contributed by atoms with Crippen LogP contribution in [0, 0.1) is 5.92 Å². The van der Waals surface area contributed by atoms with Crippen molar-refractivity contribution in [3.8, 4) is 16.9 Å². The Bertz CT molecular complexity index is 858. The maximum absolute atomic E-state index is 12.5. The fourth-order valence-corrected chi connectivity index (χ4v) is 4.24. The van der Waals surface area contributed by atoms with Gasteiger partial charge in [0.15, 0.2) is 0 Å². The van der Waals surface area contributed by atoms with Crippen LogP contribution in [0.5, 0.6) is 5.75 Å². The van der Waals surface area contributed by atoms with Gasteiger partial charge in [-0.15, -0.1) is 0 Å². The molecule has 0 saturated carbocycles. The normalized spacial score (nSPS) is 23.3. The summed E-state index contributed by atoms with van der Waals surface area (Å²) in [5.74, 6) is 1.05. The van der Waals surface area contributed by atoms with Gasteiger partial charge in [0.2, 0.25) is 5.91 Å². The van der Waals surface area contributed by atoms with Crippen LogP contribution in [0.4, 0.5) is 0 Å². The molecule has 0 aliphatic carbocycles. The van der Waals surface area contributed by atoms with E-state index in [9.17, 15) is 4.79 Å². The van der Waals surface area contributed by atoms with Crippen LogP contribution in [-0.2, 0) is 16.1 Å². The maximum Gasteiger partial charge on any atom is 0.224 e. The van der Waals surface area contributed by atoms with Gasteiger partial charge in [-0.05, 0) is 54.8 Å². The van der Waals surface area contributed by atoms with Gasteiger partial charge in [0.1, 0.15) is 12.4 Å². The second-order valence-electron chi connectivity index (χ2n) is 7.66. The minimum absolute atomic E-state index is 0.0344. The molecule has 1 fully saturated rings. The molecule has 1 N–H and O–H groups in total. The lowest BCUT2D eigenvalue weighted by molar-refractivity contribution is -0.127. The molecule has 2 unspecified atom stereocenters. The Kier molecular flexibility index (Phi) is 6.70. The molecule has 2 aromatic rings. The number of halogens is 1. The molecule has 2 aromatic carbocycles. The van der Waals surface area contributed by atoms with Crippen LogP contribution in [-0.4, -0.2) is 50.3 Å². The van der Waals surface area contributed by atoms with Crippen molar-refractivity contribution in [2.75, 3.05) is 39.5 Å². The van der Waals surface area contributed by atoms with Crippen LogP contribution in [0.2, 0.25) is 5.02 Å². The minimum Gasteiger partial charge on any atom is -0.491 e. The van der Waals surface area contributed by atoms with E-state index in [4.69, 9.17) is 21.1 Å². The fraction of sp³-hybridized carbons (Fsp3) is 0.435. The van der Waals surface area contributed by atoms with E-state index in [0.29, 0.717) is 26.4 Å². The summed E-state index contributed by atoms with van der Waals surface area (Å²) >= 11 is 6.19. The lowest BCUT2D eigenvalue weighted by atomic mass is 9.96. The Morgan fingerprint density at radius 1 is 1.07 bits per heavy atom. The Balaban J connectivity index is 1.61. The van der Waals surface area contributed by atoms with Gasteiger partial charge in [0.25, 0.3) is 0 Å². The Morgan fingerprint density at radius 2 is 1.97 bits per heavy atom. The number of hydrogen-bond acceptors (Lipinski definition) is 4. The highest BCUT2D eigenvalue weighted by molar-refractivity contribution is 6.30. The summed E-state index contributed by atoms with van der Waals surface area (Å²) in [7, 11) is 0. The molecule has 0 aromatic heterocycles. The molecular formula is C23H27ClN2O3. The SMILES string of the molecule is O=C1NCCOCCOc2ccc(-c3cccc(Cl)c3)cc2CN2CCCC1C2. The number of nitrogens with zero attached hydrogens (tertiary/aromatic N) is 1. The molecule has 1 saturated heterocycles. The van der Waals surface area contributed by atoms with Crippen LogP contribution in [0.15, 0.2) is 42.5 Å². The summed E-state index contributed by atoms with van der Waals surface area (Å²) in [6.07, 6.45) is 1.97. The number of fused-ring (bicyclic) bond motifs is 3. The molecule has 2 aliphatic heterocycles. The van der Waals surface area contributed by atoms with Crippen molar-refractivity contribution < 1.29 is 14.3 Å². The summed E-state index contributed by atoms with van der Waals surface area (Å²) in [5, 5.41) is 3.73. The number of benzene rings is 2. The van der Waals surface area contributed by atoms with Crippen molar-refractivity contribution in [2.24, 2.45) is 5.92 Å². The lowest BCUT2D eigenvalue weighted by Gasteiger charge is -2.32. The predicted octanol–water partition coefficient (Wildman–Crippen LogP) is 3.74. The fourth-order valence-electron chi connectivity index (χ4n) is 4.05. The van der Waals surface area contributed by atoms with Gasteiger partial charge < -0.3 is 14.8 Å². The van der Waals surface area contributed by atoms with Gasteiger partial charge in [0.05, 0.1) is 19.1 Å². The van der Waals surface area contributed by atoms with Crippen LogP contribution in [0.25, 0.3) is 11.1 Å². The second-order valence-corrected chi connectivity index (χ2v) is 8.10. The molecule has 1 amide bonds. The first-order valence-corrected chi connectivity index (χ1v) is 10.7. The first-order valence-electron chi connectivity index (χ1n) is 10.3. The Hall–Kier alpha value is -2.08. The van der Waals surface area contributed by atoms with E-state index in [-0.39, 0.29) is 11.8 Å². The molecule has 2 bridgehead atoms. The molecule has 2 heterocycles. The topological polar surface area (TPSA) is 50.8 Å². The van der Waals surface area contributed by atoms with Gasteiger partial charge >= 0.3 is 0 Å². The molecule has 0 radical (unpaired) electrons. The van der Waals surface area contributed by atoms with Crippen LogP contribution in [0.3, 0.4) is 0 Å². The molecular weight excluding hydrogens is 388 g/mol. The molecule has 0 spiro atoms. The highest BCUT2D eigenvalue weighted by Gasteiger charge is 2.26. The Morgan fingerprint density at radius 3 is 2.86 bits per heavy atom. The smallest absolute Gasteiger partial charge is 0.224 e.